The lowest BCUT2D eigenvalue weighted by Gasteiger charge is -2.15. The molecule has 0 radical (unpaired) electrons. The Balaban J connectivity index is 1.68. The number of hydrogen-bond donors (Lipinski definition) is 1. The van der Waals surface area contributed by atoms with Gasteiger partial charge in [-0.05, 0) is 37.3 Å². The zero-order chi connectivity index (χ0) is 17.6. The molecule has 2 aromatic rings. The topological polar surface area (TPSA) is 75.4 Å². The van der Waals surface area contributed by atoms with Crippen LogP contribution in [0.15, 0.2) is 30.3 Å². The number of amides is 1. The van der Waals surface area contributed by atoms with E-state index in [1.165, 1.54) is 0 Å². The Labute approximate surface area is 146 Å². The number of carbonyl (C=O) groups is 2. The number of aromatic nitrogens is 2. The van der Waals surface area contributed by atoms with Gasteiger partial charge in [-0.15, -0.1) is 0 Å². The molecule has 0 bridgehead atoms. The summed E-state index contributed by atoms with van der Waals surface area (Å²) in [5.41, 5.74) is 3.59. The van der Waals surface area contributed by atoms with Gasteiger partial charge in [0.05, 0.1) is 11.6 Å². The lowest BCUT2D eigenvalue weighted by molar-refractivity contribution is -0.142. The number of nitrogens with zero attached hydrogens (tertiary/aromatic N) is 3. The van der Waals surface area contributed by atoms with Crippen molar-refractivity contribution in [3.05, 3.63) is 47.3 Å². The van der Waals surface area contributed by atoms with Crippen LogP contribution in [0, 0.1) is 11.8 Å². The molecule has 130 valence electrons. The highest BCUT2D eigenvalue weighted by molar-refractivity contribution is 5.95. The van der Waals surface area contributed by atoms with Crippen molar-refractivity contribution in [1.82, 2.24) is 14.7 Å². The van der Waals surface area contributed by atoms with Crippen molar-refractivity contribution >= 4 is 11.9 Å². The van der Waals surface area contributed by atoms with Gasteiger partial charge in [0.1, 0.15) is 0 Å². The van der Waals surface area contributed by atoms with Crippen molar-refractivity contribution in [2.45, 2.75) is 26.2 Å². The Morgan fingerprint density at radius 3 is 2.60 bits per heavy atom. The molecule has 1 aromatic heterocycles. The minimum atomic E-state index is -0.831. The summed E-state index contributed by atoms with van der Waals surface area (Å²) in [6.07, 6.45) is 2.79. The second-order valence-electron chi connectivity index (χ2n) is 7.01. The van der Waals surface area contributed by atoms with Crippen molar-refractivity contribution < 1.29 is 14.7 Å². The van der Waals surface area contributed by atoms with Gasteiger partial charge in [0, 0.05) is 24.3 Å². The highest BCUT2D eigenvalue weighted by Gasteiger charge is 2.39. The molecule has 1 aliphatic carbocycles. The average molecular weight is 339 g/mol. The van der Waals surface area contributed by atoms with Crippen LogP contribution in [0.1, 0.15) is 35.1 Å². The van der Waals surface area contributed by atoms with Crippen LogP contribution in [-0.2, 0) is 17.6 Å². The molecule has 2 heterocycles. The van der Waals surface area contributed by atoms with Crippen LogP contribution in [0.25, 0.3) is 5.69 Å². The summed E-state index contributed by atoms with van der Waals surface area (Å²) >= 11 is 0. The fourth-order valence-corrected chi connectivity index (χ4v) is 4.00. The first kappa shape index (κ1) is 15.9. The summed E-state index contributed by atoms with van der Waals surface area (Å²) < 4.78 is 1.88. The van der Waals surface area contributed by atoms with E-state index < -0.39 is 11.9 Å². The number of fused-ring (bicyclic) bond motifs is 1. The molecule has 2 aliphatic rings. The maximum Gasteiger partial charge on any atom is 0.308 e. The first-order valence-corrected chi connectivity index (χ1v) is 8.74. The van der Waals surface area contributed by atoms with Gasteiger partial charge in [0.2, 0.25) is 0 Å². The summed E-state index contributed by atoms with van der Waals surface area (Å²) in [5.74, 6) is -1.50. The number of benzene rings is 1. The molecule has 0 spiro atoms. The predicted molar refractivity (Wildman–Crippen MR) is 91.8 cm³/mol. The minimum Gasteiger partial charge on any atom is -0.481 e. The molecule has 1 aromatic carbocycles. The molecule has 25 heavy (non-hydrogen) atoms. The van der Waals surface area contributed by atoms with Crippen molar-refractivity contribution in [2.24, 2.45) is 11.8 Å². The Hall–Kier alpha value is -2.63. The summed E-state index contributed by atoms with van der Waals surface area (Å²) in [5, 5.41) is 13.9. The number of carbonyl (C=O) groups excluding carboxylic acids is 1. The maximum absolute atomic E-state index is 13.0. The molecule has 1 saturated heterocycles. The lowest BCUT2D eigenvalue weighted by atomic mass is 9.99. The second-order valence-corrected chi connectivity index (χ2v) is 7.01. The number of aliphatic carboxylic acids is 1. The second kappa shape index (κ2) is 6.02. The van der Waals surface area contributed by atoms with E-state index in [9.17, 15) is 14.7 Å². The summed E-state index contributed by atoms with van der Waals surface area (Å²) in [4.78, 5) is 26.0. The Morgan fingerprint density at radius 2 is 1.92 bits per heavy atom. The molecule has 2 atom stereocenters. The average Bonchev–Trinajstić information content (AvgIpc) is 3.29. The maximum atomic E-state index is 13.0. The normalized spacial score (nSPS) is 22.2. The van der Waals surface area contributed by atoms with Crippen molar-refractivity contribution in [2.75, 3.05) is 13.1 Å². The molecule has 1 fully saturated rings. The molecule has 1 aliphatic heterocycles. The molecule has 0 saturated carbocycles. The zero-order valence-corrected chi connectivity index (χ0v) is 14.2. The Kier molecular flexibility index (Phi) is 3.82. The molecule has 1 N–H and O–H groups in total. The van der Waals surface area contributed by atoms with E-state index >= 15 is 0 Å². The number of likely N-dealkylation sites (tertiary alicyclic amines) is 1. The van der Waals surface area contributed by atoms with Crippen molar-refractivity contribution in [1.29, 1.82) is 0 Å². The number of carboxylic acid groups (broad SMARTS) is 1. The summed E-state index contributed by atoms with van der Waals surface area (Å²) in [7, 11) is 0. The molecule has 6 nitrogen and oxygen atoms in total. The van der Waals surface area contributed by atoms with Gasteiger partial charge < -0.3 is 10.0 Å². The zero-order valence-electron chi connectivity index (χ0n) is 14.2. The smallest absolute Gasteiger partial charge is 0.308 e. The fraction of sp³-hybridized carbons (Fsp3) is 0.421. The van der Waals surface area contributed by atoms with E-state index in [-0.39, 0.29) is 18.4 Å². The summed E-state index contributed by atoms with van der Waals surface area (Å²) in [6, 6.07) is 9.84. The van der Waals surface area contributed by atoms with Crippen LogP contribution < -0.4 is 0 Å². The Morgan fingerprint density at radius 1 is 1.16 bits per heavy atom. The van der Waals surface area contributed by atoms with Gasteiger partial charge in [-0.1, -0.05) is 25.1 Å². The van der Waals surface area contributed by atoms with Crippen molar-refractivity contribution in [3.63, 3.8) is 0 Å². The van der Waals surface area contributed by atoms with Crippen LogP contribution in [0.4, 0.5) is 0 Å². The Bertz CT molecular complexity index is 828. The number of para-hydroxylation sites is 1. The highest BCUT2D eigenvalue weighted by Crippen LogP contribution is 2.30. The van der Waals surface area contributed by atoms with Gasteiger partial charge in [0.15, 0.2) is 5.69 Å². The first-order valence-electron chi connectivity index (χ1n) is 8.74. The fourth-order valence-electron chi connectivity index (χ4n) is 4.00. The van der Waals surface area contributed by atoms with Gasteiger partial charge in [-0.25, -0.2) is 4.68 Å². The highest BCUT2D eigenvalue weighted by atomic mass is 16.4. The van der Waals surface area contributed by atoms with Crippen LogP contribution in [0.5, 0.6) is 0 Å². The molecule has 6 heteroatoms. The largest absolute Gasteiger partial charge is 0.481 e. The molecular formula is C19H21N3O3. The molecule has 1 amide bonds. The standard InChI is InChI=1S/C19H21N3O3/c1-12-10-21(11-15(12)19(24)25)18(23)17-14-8-5-9-16(14)22(20-17)13-6-3-2-4-7-13/h2-4,6-7,12,15H,5,8-11H2,1H3,(H,24,25)/t12-,15-/m1/s1. The van der Waals surface area contributed by atoms with Crippen LogP contribution >= 0.6 is 0 Å². The third kappa shape index (κ3) is 2.62. The van der Waals surface area contributed by atoms with Crippen LogP contribution in [0.2, 0.25) is 0 Å². The van der Waals surface area contributed by atoms with Gasteiger partial charge in [-0.3, -0.25) is 9.59 Å². The lowest BCUT2D eigenvalue weighted by Crippen LogP contribution is -2.31. The molecule has 0 unspecified atom stereocenters. The van der Waals surface area contributed by atoms with Gasteiger partial charge in [-0.2, -0.15) is 5.10 Å². The number of rotatable bonds is 3. The molecular weight excluding hydrogens is 318 g/mol. The van der Waals surface area contributed by atoms with E-state index in [4.69, 9.17) is 0 Å². The van der Waals surface area contributed by atoms with Crippen LogP contribution in [-0.4, -0.2) is 44.8 Å². The monoisotopic (exact) mass is 339 g/mol. The van der Waals surface area contributed by atoms with E-state index in [0.717, 1.165) is 36.2 Å². The minimum absolute atomic E-state index is 0.0364. The first-order chi connectivity index (χ1) is 12.1. The molecule has 4 rings (SSSR count). The van der Waals surface area contributed by atoms with Gasteiger partial charge in [0.25, 0.3) is 5.91 Å². The van der Waals surface area contributed by atoms with Gasteiger partial charge >= 0.3 is 5.97 Å². The number of hydrogen-bond acceptors (Lipinski definition) is 3. The SMILES string of the molecule is C[C@@H]1CN(C(=O)c2nn(-c3ccccc3)c3c2CCC3)C[C@H]1C(=O)O. The summed E-state index contributed by atoms with van der Waals surface area (Å²) in [6.45, 7) is 2.63. The quantitative estimate of drug-likeness (QED) is 0.930. The third-order valence-corrected chi connectivity index (χ3v) is 5.35. The van der Waals surface area contributed by atoms with Crippen LogP contribution in [0.3, 0.4) is 0 Å². The number of carboxylic acids is 1. The predicted octanol–water partition coefficient (Wildman–Crippen LogP) is 2.15. The van der Waals surface area contributed by atoms with E-state index in [2.05, 4.69) is 5.10 Å². The van der Waals surface area contributed by atoms with E-state index in [1.54, 1.807) is 4.90 Å². The van der Waals surface area contributed by atoms with Crippen molar-refractivity contribution in [3.8, 4) is 5.69 Å². The van der Waals surface area contributed by atoms with E-state index in [1.807, 2.05) is 41.9 Å². The third-order valence-electron chi connectivity index (χ3n) is 5.35. The van der Waals surface area contributed by atoms with E-state index in [0.29, 0.717) is 12.2 Å².